The molecule has 0 aromatic heterocycles. The molecule has 0 saturated carbocycles. The zero-order valence-corrected chi connectivity index (χ0v) is 13.7. The summed E-state index contributed by atoms with van der Waals surface area (Å²) < 4.78 is 5.52. The summed E-state index contributed by atoms with van der Waals surface area (Å²) in [5.74, 6) is 1.63. The lowest BCUT2D eigenvalue weighted by Gasteiger charge is -2.56. The van der Waals surface area contributed by atoms with Gasteiger partial charge in [-0.2, -0.15) is 12.6 Å². The second-order valence-corrected chi connectivity index (χ2v) is 6.49. The number of hydrogen-bond donors (Lipinski definition) is 1. The molecule has 108 valence electrons. The van der Waals surface area contributed by atoms with Gasteiger partial charge >= 0.3 is 0 Å². The summed E-state index contributed by atoms with van der Waals surface area (Å²) in [4.78, 5) is 2.63. The standard InChI is InChI=1S/C15H31NOS/c1-6-13(3)14(4,5)15(7-2,12-18)16-8-10-17-11-9-16/h13,18H,6-12H2,1-5H3. The van der Waals surface area contributed by atoms with Crippen LogP contribution in [0.25, 0.3) is 0 Å². The average Bonchev–Trinajstić information content (AvgIpc) is 2.40. The molecular weight excluding hydrogens is 242 g/mol. The van der Waals surface area contributed by atoms with E-state index < -0.39 is 0 Å². The van der Waals surface area contributed by atoms with E-state index in [9.17, 15) is 0 Å². The van der Waals surface area contributed by atoms with Crippen LogP contribution in [-0.4, -0.2) is 42.5 Å². The molecule has 0 N–H and O–H groups in total. The molecule has 2 atom stereocenters. The number of rotatable bonds is 6. The van der Waals surface area contributed by atoms with Gasteiger partial charge in [0, 0.05) is 24.4 Å². The third-order valence-electron chi connectivity index (χ3n) is 5.51. The van der Waals surface area contributed by atoms with Crippen molar-refractivity contribution in [2.75, 3.05) is 32.1 Å². The number of thiol groups is 1. The minimum Gasteiger partial charge on any atom is -0.379 e. The van der Waals surface area contributed by atoms with Crippen LogP contribution < -0.4 is 0 Å². The van der Waals surface area contributed by atoms with Gasteiger partial charge in [0.1, 0.15) is 0 Å². The van der Waals surface area contributed by atoms with E-state index in [0.717, 1.165) is 38.5 Å². The number of morpholine rings is 1. The third-order valence-corrected chi connectivity index (χ3v) is 6.03. The van der Waals surface area contributed by atoms with Gasteiger partial charge in [-0.25, -0.2) is 0 Å². The Hall–Kier alpha value is 0.270. The Morgan fingerprint density at radius 3 is 2.17 bits per heavy atom. The first-order valence-corrected chi connectivity index (χ1v) is 8.03. The molecule has 0 radical (unpaired) electrons. The highest BCUT2D eigenvalue weighted by molar-refractivity contribution is 7.80. The number of hydrogen-bond acceptors (Lipinski definition) is 3. The summed E-state index contributed by atoms with van der Waals surface area (Å²) >= 11 is 4.74. The van der Waals surface area contributed by atoms with E-state index in [2.05, 4.69) is 39.5 Å². The predicted molar refractivity (Wildman–Crippen MR) is 82.5 cm³/mol. The van der Waals surface area contributed by atoms with Crippen molar-refractivity contribution >= 4 is 12.6 Å². The van der Waals surface area contributed by atoms with E-state index in [0.29, 0.717) is 5.92 Å². The Morgan fingerprint density at radius 2 is 1.78 bits per heavy atom. The van der Waals surface area contributed by atoms with Crippen LogP contribution in [0.4, 0.5) is 0 Å². The third kappa shape index (κ3) is 2.73. The van der Waals surface area contributed by atoms with E-state index >= 15 is 0 Å². The van der Waals surface area contributed by atoms with Crippen molar-refractivity contribution in [1.29, 1.82) is 0 Å². The fourth-order valence-electron chi connectivity index (χ4n) is 3.46. The van der Waals surface area contributed by atoms with E-state index in [4.69, 9.17) is 17.4 Å². The first kappa shape index (κ1) is 16.3. The van der Waals surface area contributed by atoms with Crippen molar-refractivity contribution < 1.29 is 4.74 Å². The maximum Gasteiger partial charge on any atom is 0.0594 e. The molecule has 3 heteroatoms. The van der Waals surface area contributed by atoms with Gasteiger partial charge < -0.3 is 4.74 Å². The van der Waals surface area contributed by atoms with Crippen LogP contribution in [0.15, 0.2) is 0 Å². The second-order valence-electron chi connectivity index (χ2n) is 6.17. The second kappa shape index (κ2) is 6.62. The van der Waals surface area contributed by atoms with Gasteiger partial charge in [0.15, 0.2) is 0 Å². The van der Waals surface area contributed by atoms with Gasteiger partial charge in [-0.15, -0.1) is 0 Å². The van der Waals surface area contributed by atoms with E-state index in [-0.39, 0.29) is 11.0 Å². The van der Waals surface area contributed by atoms with E-state index in [1.54, 1.807) is 0 Å². The molecule has 0 spiro atoms. The summed E-state index contributed by atoms with van der Waals surface area (Å²) in [6, 6.07) is 0. The van der Waals surface area contributed by atoms with Crippen molar-refractivity contribution in [2.45, 2.75) is 53.0 Å². The fraction of sp³-hybridized carbons (Fsp3) is 1.00. The van der Waals surface area contributed by atoms with Gasteiger partial charge in [-0.05, 0) is 17.8 Å². The Kier molecular flexibility index (Phi) is 6.01. The fourth-order valence-corrected chi connectivity index (χ4v) is 4.29. The van der Waals surface area contributed by atoms with Crippen molar-refractivity contribution in [3.8, 4) is 0 Å². The van der Waals surface area contributed by atoms with Crippen molar-refractivity contribution in [3.63, 3.8) is 0 Å². The average molecular weight is 273 g/mol. The van der Waals surface area contributed by atoms with E-state index in [1.807, 2.05) is 0 Å². The van der Waals surface area contributed by atoms with Gasteiger partial charge in [0.2, 0.25) is 0 Å². The lowest BCUT2D eigenvalue weighted by molar-refractivity contribution is -0.0819. The highest BCUT2D eigenvalue weighted by atomic mass is 32.1. The molecule has 0 bridgehead atoms. The van der Waals surface area contributed by atoms with Gasteiger partial charge in [0.05, 0.1) is 13.2 Å². The molecule has 18 heavy (non-hydrogen) atoms. The smallest absolute Gasteiger partial charge is 0.0594 e. The van der Waals surface area contributed by atoms with Crippen LogP contribution >= 0.6 is 12.6 Å². The predicted octanol–water partition coefficient (Wildman–Crippen LogP) is 3.47. The maximum atomic E-state index is 5.52. The molecule has 0 aromatic rings. The van der Waals surface area contributed by atoms with Crippen molar-refractivity contribution in [1.82, 2.24) is 4.90 Å². The summed E-state index contributed by atoms with van der Waals surface area (Å²) in [7, 11) is 0. The van der Waals surface area contributed by atoms with Crippen LogP contribution in [0.3, 0.4) is 0 Å². The van der Waals surface area contributed by atoms with Crippen LogP contribution in [0.5, 0.6) is 0 Å². The molecule has 1 rings (SSSR count). The number of nitrogens with zero attached hydrogens (tertiary/aromatic N) is 1. The summed E-state index contributed by atoms with van der Waals surface area (Å²) in [6.07, 6.45) is 2.39. The first-order chi connectivity index (χ1) is 8.46. The topological polar surface area (TPSA) is 12.5 Å². The monoisotopic (exact) mass is 273 g/mol. The SMILES string of the molecule is CCC(C)C(C)(C)C(CC)(CS)N1CCOCC1. The summed E-state index contributed by atoms with van der Waals surface area (Å²) in [5, 5.41) is 0. The van der Waals surface area contributed by atoms with Gasteiger partial charge in [-0.3, -0.25) is 4.90 Å². The minimum atomic E-state index is 0.190. The molecule has 1 heterocycles. The summed E-state index contributed by atoms with van der Waals surface area (Å²) in [5.41, 5.74) is 0.463. The van der Waals surface area contributed by atoms with Crippen molar-refractivity contribution in [3.05, 3.63) is 0 Å². The largest absolute Gasteiger partial charge is 0.379 e. The molecule has 1 aliphatic rings. The Labute approximate surface area is 119 Å². The number of ether oxygens (including phenoxy) is 1. The Bertz CT molecular complexity index is 245. The van der Waals surface area contributed by atoms with Crippen LogP contribution in [0.1, 0.15) is 47.5 Å². The molecule has 1 saturated heterocycles. The molecule has 1 aliphatic heterocycles. The van der Waals surface area contributed by atoms with Gasteiger partial charge in [0.25, 0.3) is 0 Å². The quantitative estimate of drug-likeness (QED) is 0.744. The zero-order valence-electron chi connectivity index (χ0n) is 12.8. The van der Waals surface area contributed by atoms with Crippen molar-refractivity contribution in [2.24, 2.45) is 11.3 Å². The highest BCUT2D eigenvalue weighted by Gasteiger charge is 2.49. The Balaban J connectivity index is 3.04. The molecule has 1 fully saturated rings. The molecular formula is C15H31NOS. The highest BCUT2D eigenvalue weighted by Crippen LogP contribution is 2.46. The lowest BCUT2D eigenvalue weighted by atomic mass is 9.62. The van der Waals surface area contributed by atoms with E-state index in [1.165, 1.54) is 6.42 Å². The zero-order chi connectivity index (χ0) is 13.8. The van der Waals surface area contributed by atoms with Crippen LogP contribution in [0, 0.1) is 11.3 Å². The Morgan fingerprint density at radius 1 is 1.22 bits per heavy atom. The molecule has 0 aromatic carbocycles. The van der Waals surface area contributed by atoms with Crippen LogP contribution in [0.2, 0.25) is 0 Å². The minimum absolute atomic E-state index is 0.190. The molecule has 2 unspecified atom stereocenters. The van der Waals surface area contributed by atoms with Crippen LogP contribution in [-0.2, 0) is 4.74 Å². The maximum absolute atomic E-state index is 5.52. The summed E-state index contributed by atoms with van der Waals surface area (Å²) in [6.45, 7) is 15.7. The lowest BCUT2D eigenvalue weighted by Crippen LogP contribution is -2.63. The normalized spacial score (nSPS) is 23.7. The van der Waals surface area contributed by atoms with Gasteiger partial charge in [-0.1, -0.05) is 41.0 Å². The molecule has 2 nitrogen and oxygen atoms in total. The first-order valence-electron chi connectivity index (χ1n) is 7.40. The molecule has 0 aliphatic carbocycles. The molecule has 0 amide bonds.